The summed E-state index contributed by atoms with van der Waals surface area (Å²) in [6.07, 6.45) is 4.43. The normalized spacial score (nSPS) is 14.4. The molecule has 0 bridgehead atoms. The third kappa shape index (κ3) is 5.76. The summed E-state index contributed by atoms with van der Waals surface area (Å²) in [5, 5.41) is 2.89. The topological polar surface area (TPSA) is 66.5 Å². The predicted molar refractivity (Wildman–Crippen MR) is 116 cm³/mol. The summed E-state index contributed by atoms with van der Waals surface area (Å²) in [6.45, 7) is 1.92. The van der Waals surface area contributed by atoms with E-state index in [0.717, 1.165) is 30.3 Å². The molecule has 1 saturated heterocycles. The lowest BCUT2D eigenvalue weighted by Gasteiger charge is -2.20. The number of nitrogens with zero attached hydrogens (tertiary/aromatic N) is 1. The van der Waals surface area contributed by atoms with Crippen molar-refractivity contribution >= 4 is 33.5 Å². The molecule has 2 aromatic rings. The lowest BCUT2D eigenvalue weighted by molar-refractivity contribution is -0.130. The van der Waals surface area contributed by atoms with Crippen LogP contribution in [0.1, 0.15) is 58.4 Å². The van der Waals surface area contributed by atoms with E-state index in [0.29, 0.717) is 42.6 Å². The van der Waals surface area contributed by atoms with Crippen LogP contribution < -0.4 is 5.32 Å². The highest BCUT2D eigenvalue weighted by Crippen LogP contribution is 2.17. The van der Waals surface area contributed by atoms with E-state index in [9.17, 15) is 14.4 Å². The van der Waals surface area contributed by atoms with Gasteiger partial charge in [-0.1, -0.05) is 40.5 Å². The van der Waals surface area contributed by atoms with Crippen LogP contribution in [0.3, 0.4) is 0 Å². The average molecular weight is 457 g/mol. The van der Waals surface area contributed by atoms with Gasteiger partial charge in [-0.2, -0.15) is 0 Å². The van der Waals surface area contributed by atoms with Gasteiger partial charge in [0.2, 0.25) is 5.91 Å². The van der Waals surface area contributed by atoms with Gasteiger partial charge in [-0.05, 0) is 49.6 Å². The Kier molecular flexibility index (Phi) is 7.58. The number of hydrogen-bond acceptors (Lipinski definition) is 3. The van der Waals surface area contributed by atoms with E-state index >= 15 is 0 Å². The molecule has 1 aliphatic heterocycles. The molecule has 0 saturated carbocycles. The number of likely N-dealkylation sites (tertiary alicyclic amines) is 1. The molecule has 0 spiro atoms. The van der Waals surface area contributed by atoms with E-state index in [-0.39, 0.29) is 17.6 Å². The zero-order valence-corrected chi connectivity index (χ0v) is 17.9. The highest BCUT2D eigenvalue weighted by atomic mass is 79.9. The summed E-state index contributed by atoms with van der Waals surface area (Å²) in [7, 11) is 0. The van der Waals surface area contributed by atoms with Crippen molar-refractivity contribution in [1.82, 2.24) is 10.2 Å². The van der Waals surface area contributed by atoms with E-state index in [1.807, 2.05) is 4.90 Å². The van der Waals surface area contributed by atoms with Gasteiger partial charge in [-0.3, -0.25) is 14.4 Å². The first-order chi connectivity index (χ1) is 14.1. The molecule has 6 heteroatoms. The standard InChI is InChI=1S/C23H25BrN2O3/c24-18-12-10-17(11-13-18)22(28)19-7-3-4-8-20(19)23(29)25-14-6-16-26-15-5-1-2-9-21(26)27/h3-4,7-8,10-13H,1-2,5-6,9,14-16H2,(H,25,29). The van der Waals surface area contributed by atoms with Crippen molar-refractivity contribution in [1.29, 1.82) is 0 Å². The fourth-order valence-electron chi connectivity index (χ4n) is 3.48. The molecular weight excluding hydrogens is 432 g/mol. The molecule has 152 valence electrons. The molecule has 0 unspecified atom stereocenters. The third-order valence-electron chi connectivity index (χ3n) is 5.08. The number of nitrogens with one attached hydrogen (secondary N) is 1. The summed E-state index contributed by atoms with van der Waals surface area (Å²) in [5.41, 5.74) is 1.29. The number of benzene rings is 2. The maximum Gasteiger partial charge on any atom is 0.252 e. The Morgan fingerprint density at radius 1 is 0.966 bits per heavy atom. The number of rotatable bonds is 7. The number of amides is 2. The van der Waals surface area contributed by atoms with Crippen molar-refractivity contribution in [2.45, 2.75) is 32.1 Å². The van der Waals surface area contributed by atoms with Crippen molar-refractivity contribution in [2.24, 2.45) is 0 Å². The molecule has 1 heterocycles. The van der Waals surface area contributed by atoms with Crippen LogP contribution >= 0.6 is 15.9 Å². The van der Waals surface area contributed by atoms with Gasteiger partial charge in [0.1, 0.15) is 0 Å². The SMILES string of the molecule is O=C(NCCCN1CCCCCC1=O)c1ccccc1C(=O)c1ccc(Br)cc1. The van der Waals surface area contributed by atoms with E-state index < -0.39 is 0 Å². The Morgan fingerprint density at radius 2 is 1.69 bits per heavy atom. The van der Waals surface area contributed by atoms with Crippen LogP contribution in [-0.4, -0.2) is 42.1 Å². The number of carbonyl (C=O) groups excluding carboxylic acids is 3. The molecule has 1 N–H and O–H groups in total. The summed E-state index contributed by atoms with van der Waals surface area (Å²) < 4.78 is 0.892. The lowest BCUT2D eigenvalue weighted by Crippen LogP contribution is -2.34. The first-order valence-electron chi connectivity index (χ1n) is 10.0. The quantitative estimate of drug-likeness (QED) is 0.501. The third-order valence-corrected chi connectivity index (χ3v) is 5.61. The molecule has 3 rings (SSSR count). The summed E-state index contributed by atoms with van der Waals surface area (Å²) in [4.78, 5) is 39.5. The van der Waals surface area contributed by atoms with Crippen molar-refractivity contribution in [2.75, 3.05) is 19.6 Å². The van der Waals surface area contributed by atoms with Gasteiger partial charge in [0, 0.05) is 41.7 Å². The van der Waals surface area contributed by atoms with Crippen LogP contribution in [0, 0.1) is 0 Å². The van der Waals surface area contributed by atoms with Crippen LogP contribution in [-0.2, 0) is 4.79 Å². The number of carbonyl (C=O) groups is 3. The fraction of sp³-hybridized carbons (Fsp3) is 0.348. The van der Waals surface area contributed by atoms with Gasteiger partial charge >= 0.3 is 0 Å². The summed E-state index contributed by atoms with van der Waals surface area (Å²) in [6, 6.07) is 13.9. The second-order valence-electron chi connectivity index (χ2n) is 7.18. The van der Waals surface area contributed by atoms with E-state index in [4.69, 9.17) is 0 Å². The Labute approximate surface area is 179 Å². The minimum atomic E-state index is -0.270. The average Bonchev–Trinajstić information content (AvgIpc) is 2.95. The zero-order chi connectivity index (χ0) is 20.6. The number of ketones is 1. The largest absolute Gasteiger partial charge is 0.352 e. The molecule has 0 aromatic heterocycles. The maximum absolute atomic E-state index is 12.8. The van der Waals surface area contributed by atoms with Crippen LogP contribution in [0.4, 0.5) is 0 Å². The van der Waals surface area contributed by atoms with Crippen LogP contribution in [0.2, 0.25) is 0 Å². The first kappa shape index (κ1) is 21.2. The molecule has 0 atom stereocenters. The van der Waals surface area contributed by atoms with Gasteiger partial charge in [0.05, 0.1) is 5.56 Å². The van der Waals surface area contributed by atoms with E-state index in [1.165, 1.54) is 0 Å². The molecule has 1 fully saturated rings. The monoisotopic (exact) mass is 456 g/mol. The Bertz CT molecular complexity index is 880. The van der Waals surface area contributed by atoms with Crippen LogP contribution in [0.25, 0.3) is 0 Å². The van der Waals surface area contributed by atoms with Gasteiger partial charge in [0.25, 0.3) is 5.91 Å². The predicted octanol–water partition coefficient (Wildman–Crippen LogP) is 4.20. The number of halogens is 1. The van der Waals surface area contributed by atoms with Crippen molar-refractivity contribution < 1.29 is 14.4 Å². The highest BCUT2D eigenvalue weighted by molar-refractivity contribution is 9.10. The molecule has 2 amide bonds. The second-order valence-corrected chi connectivity index (χ2v) is 8.10. The lowest BCUT2D eigenvalue weighted by atomic mass is 9.98. The smallest absolute Gasteiger partial charge is 0.252 e. The van der Waals surface area contributed by atoms with Gasteiger partial charge in [0.15, 0.2) is 5.78 Å². The van der Waals surface area contributed by atoms with Crippen LogP contribution in [0.5, 0.6) is 0 Å². The van der Waals surface area contributed by atoms with E-state index in [1.54, 1.807) is 48.5 Å². The minimum Gasteiger partial charge on any atom is -0.352 e. The van der Waals surface area contributed by atoms with Gasteiger partial charge in [-0.15, -0.1) is 0 Å². The second kappa shape index (κ2) is 10.3. The summed E-state index contributed by atoms with van der Waals surface area (Å²) >= 11 is 3.36. The molecule has 29 heavy (non-hydrogen) atoms. The van der Waals surface area contributed by atoms with Crippen LogP contribution in [0.15, 0.2) is 53.0 Å². The minimum absolute atomic E-state index is 0.182. The van der Waals surface area contributed by atoms with Crippen molar-refractivity contribution in [3.63, 3.8) is 0 Å². The Balaban J connectivity index is 1.59. The van der Waals surface area contributed by atoms with E-state index in [2.05, 4.69) is 21.2 Å². The Hall–Kier alpha value is -2.47. The highest BCUT2D eigenvalue weighted by Gasteiger charge is 2.19. The fourth-order valence-corrected chi connectivity index (χ4v) is 3.74. The zero-order valence-electron chi connectivity index (χ0n) is 16.3. The molecule has 5 nitrogen and oxygen atoms in total. The molecule has 0 aliphatic carbocycles. The van der Waals surface area contributed by atoms with Crippen molar-refractivity contribution in [3.8, 4) is 0 Å². The maximum atomic E-state index is 12.8. The molecular formula is C23H25BrN2O3. The van der Waals surface area contributed by atoms with Gasteiger partial charge < -0.3 is 10.2 Å². The van der Waals surface area contributed by atoms with Gasteiger partial charge in [-0.25, -0.2) is 0 Å². The molecule has 2 aromatic carbocycles. The molecule has 1 aliphatic rings. The Morgan fingerprint density at radius 3 is 2.45 bits per heavy atom. The summed E-state index contributed by atoms with van der Waals surface area (Å²) in [5.74, 6) is -0.245. The van der Waals surface area contributed by atoms with Crippen molar-refractivity contribution in [3.05, 3.63) is 69.7 Å². The molecule has 0 radical (unpaired) electrons. The number of hydrogen-bond donors (Lipinski definition) is 1. The first-order valence-corrected chi connectivity index (χ1v) is 10.8.